The summed E-state index contributed by atoms with van der Waals surface area (Å²) >= 11 is 0. The van der Waals surface area contributed by atoms with Crippen LogP contribution in [0.1, 0.15) is 30.7 Å². The van der Waals surface area contributed by atoms with Crippen molar-refractivity contribution in [3.63, 3.8) is 0 Å². The van der Waals surface area contributed by atoms with Gasteiger partial charge in [0, 0.05) is 18.0 Å². The number of hydrogen-bond donors (Lipinski definition) is 2. The summed E-state index contributed by atoms with van der Waals surface area (Å²) in [4.78, 5) is 7.83. The topological polar surface area (TPSA) is 64.5 Å². The summed E-state index contributed by atoms with van der Waals surface area (Å²) in [7, 11) is 0. The molecule has 1 aromatic heterocycles. The molecule has 3 rings (SSSR count). The molecule has 2 aromatic rings. The van der Waals surface area contributed by atoms with Gasteiger partial charge < -0.3 is 10.3 Å². The number of aromatic amines is 1. The van der Waals surface area contributed by atoms with E-state index in [-0.39, 0.29) is 0 Å². The van der Waals surface area contributed by atoms with E-state index in [9.17, 15) is 0 Å². The highest BCUT2D eigenvalue weighted by Crippen LogP contribution is 2.19. The van der Waals surface area contributed by atoms with Gasteiger partial charge in [0.05, 0.1) is 23.5 Å². The third-order valence-electron chi connectivity index (χ3n) is 3.78. The highest BCUT2D eigenvalue weighted by Gasteiger charge is 2.14. The fourth-order valence-electron chi connectivity index (χ4n) is 2.70. The first-order valence-corrected chi connectivity index (χ1v) is 7.13. The van der Waals surface area contributed by atoms with Crippen LogP contribution in [0.15, 0.2) is 30.5 Å². The molecule has 1 aromatic carbocycles. The zero-order valence-corrected chi connectivity index (χ0v) is 11.4. The van der Waals surface area contributed by atoms with Gasteiger partial charge in [0.25, 0.3) is 0 Å². The molecular weight excluding hydrogens is 248 g/mol. The fraction of sp³-hybridized carbons (Fsp3) is 0.375. The van der Waals surface area contributed by atoms with Crippen LogP contribution in [-0.2, 0) is 6.42 Å². The molecule has 0 spiro atoms. The van der Waals surface area contributed by atoms with E-state index in [1.54, 1.807) is 0 Å². The Balaban J connectivity index is 1.74. The summed E-state index contributed by atoms with van der Waals surface area (Å²) in [5, 5.41) is 12.5. The van der Waals surface area contributed by atoms with Crippen LogP contribution in [0.4, 0.5) is 0 Å². The van der Waals surface area contributed by atoms with Crippen LogP contribution in [0.25, 0.3) is 11.3 Å². The molecule has 20 heavy (non-hydrogen) atoms. The highest BCUT2D eigenvalue weighted by molar-refractivity contribution is 5.60. The van der Waals surface area contributed by atoms with Gasteiger partial charge in [-0.2, -0.15) is 5.26 Å². The zero-order valence-electron chi connectivity index (χ0n) is 11.4. The van der Waals surface area contributed by atoms with E-state index in [1.807, 2.05) is 30.5 Å². The minimum absolute atomic E-state index is 0.535. The molecule has 2 N–H and O–H groups in total. The van der Waals surface area contributed by atoms with E-state index in [2.05, 4.69) is 21.4 Å². The van der Waals surface area contributed by atoms with E-state index in [0.29, 0.717) is 11.6 Å². The lowest BCUT2D eigenvalue weighted by Gasteiger charge is -2.22. The maximum atomic E-state index is 8.95. The lowest BCUT2D eigenvalue weighted by molar-refractivity contribution is 0.395. The van der Waals surface area contributed by atoms with Crippen molar-refractivity contribution in [2.45, 2.75) is 31.7 Å². The summed E-state index contributed by atoms with van der Waals surface area (Å²) in [6.45, 7) is 1.11. The van der Waals surface area contributed by atoms with Gasteiger partial charge in [0.1, 0.15) is 5.82 Å². The third-order valence-corrected chi connectivity index (χ3v) is 3.78. The summed E-state index contributed by atoms with van der Waals surface area (Å²) in [6, 6.07) is 10.3. The molecule has 1 unspecified atom stereocenters. The summed E-state index contributed by atoms with van der Waals surface area (Å²) < 4.78 is 0. The van der Waals surface area contributed by atoms with Gasteiger partial charge >= 0.3 is 0 Å². The molecule has 0 aliphatic carbocycles. The van der Waals surface area contributed by atoms with Crippen LogP contribution in [0, 0.1) is 11.3 Å². The molecule has 4 heteroatoms. The number of aromatic nitrogens is 2. The first kappa shape index (κ1) is 12.9. The standard InChI is InChI=1S/C16H18N4/c17-10-12-4-3-5-13(8-12)15-11-19-16(20-15)9-14-6-1-2-7-18-14/h3-5,8,11,14,18H,1-2,6-7,9H2,(H,19,20). The van der Waals surface area contributed by atoms with Gasteiger partial charge in [-0.3, -0.25) is 0 Å². The number of piperidine rings is 1. The SMILES string of the molecule is N#Cc1cccc(-c2cnc(CC3CCCCN3)[nH]2)c1. The lowest BCUT2D eigenvalue weighted by Crippen LogP contribution is -2.35. The fourth-order valence-corrected chi connectivity index (χ4v) is 2.70. The monoisotopic (exact) mass is 266 g/mol. The number of rotatable bonds is 3. The second-order valence-electron chi connectivity index (χ2n) is 5.29. The molecule has 0 bridgehead atoms. The summed E-state index contributed by atoms with van der Waals surface area (Å²) in [5.41, 5.74) is 2.67. The lowest BCUT2D eigenvalue weighted by atomic mass is 10.0. The maximum absolute atomic E-state index is 8.95. The second-order valence-corrected chi connectivity index (χ2v) is 5.29. The molecule has 0 radical (unpaired) electrons. The Hall–Kier alpha value is -2.12. The maximum Gasteiger partial charge on any atom is 0.108 e. The van der Waals surface area contributed by atoms with Crippen LogP contribution in [0.3, 0.4) is 0 Å². The molecule has 1 aliphatic heterocycles. The Kier molecular flexibility index (Phi) is 3.80. The normalized spacial score (nSPS) is 18.6. The van der Waals surface area contributed by atoms with Gasteiger partial charge in [0.15, 0.2) is 0 Å². The van der Waals surface area contributed by atoms with E-state index in [1.165, 1.54) is 19.3 Å². The van der Waals surface area contributed by atoms with Gasteiger partial charge in [-0.1, -0.05) is 18.6 Å². The number of nitriles is 1. The highest BCUT2D eigenvalue weighted by atomic mass is 15.0. The summed E-state index contributed by atoms with van der Waals surface area (Å²) in [6.07, 6.45) is 6.60. The molecular formula is C16H18N4. The van der Waals surface area contributed by atoms with Crippen molar-refractivity contribution in [1.82, 2.24) is 15.3 Å². The quantitative estimate of drug-likeness (QED) is 0.897. The predicted octanol–water partition coefficient (Wildman–Crippen LogP) is 2.63. The van der Waals surface area contributed by atoms with E-state index in [0.717, 1.165) is 30.0 Å². The smallest absolute Gasteiger partial charge is 0.108 e. The Morgan fingerprint density at radius 2 is 2.30 bits per heavy atom. The second kappa shape index (κ2) is 5.89. The molecule has 0 amide bonds. The van der Waals surface area contributed by atoms with Crippen molar-refractivity contribution in [2.75, 3.05) is 6.54 Å². The Labute approximate surface area is 118 Å². The van der Waals surface area contributed by atoms with Crippen LogP contribution in [-0.4, -0.2) is 22.6 Å². The first-order valence-electron chi connectivity index (χ1n) is 7.13. The van der Waals surface area contributed by atoms with E-state index < -0.39 is 0 Å². The van der Waals surface area contributed by atoms with Crippen LogP contribution < -0.4 is 5.32 Å². The minimum Gasteiger partial charge on any atom is -0.342 e. The molecule has 1 aliphatic rings. The molecule has 1 atom stereocenters. The van der Waals surface area contributed by atoms with Crippen LogP contribution in [0.2, 0.25) is 0 Å². The number of imidazole rings is 1. The minimum atomic E-state index is 0.535. The number of nitrogens with one attached hydrogen (secondary N) is 2. The number of H-pyrrole nitrogens is 1. The van der Waals surface area contributed by atoms with Gasteiger partial charge in [-0.05, 0) is 31.5 Å². The van der Waals surface area contributed by atoms with Crippen molar-refractivity contribution in [1.29, 1.82) is 5.26 Å². The van der Waals surface area contributed by atoms with Crippen molar-refractivity contribution in [3.8, 4) is 17.3 Å². The summed E-state index contributed by atoms with van der Waals surface area (Å²) in [5.74, 6) is 1.02. The van der Waals surface area contributed by atoms with Crippen molar-refractivity contribution >= 4 is 0 Å². The van der Waals surface area contributed by atoms with Crippen LogP contribution in [0.5, 0.6) is 0 Å². The van der Waals surface area contributed by atoms with E-state index in [4.69, 9.17) is 5.26 Å². The molecule has 1 fully saturated rings. The van der Waals surface area contributed by atoms with E-state index >= 15 is 0 Å². The Bertz CT molecular complexity index is 617. The molecule has 4 nitrogen and oxygen atoms in total. The third kappa shape index (κ3) is 2.89. The molecule has 102 valence electrons. The number of benzene rings is 1. The predicted molar refractivity (Wildman–Crippen MR) is 78.1 cm³/mol. The first-order chi connectivity index (χ1) is 9.85. The molecule has 2 heterocycles. The average Bonchev–Trinajstić information content (AvgIpc) is 2.97. The van der Waals surface area contributed by atoms with Gasteiger partial charge in [-0.25, -0.2) is 4.98 Å². The van der Waals surface area contributed by atoms with Crippen molar-refractivity contribution in [2.24, 2.45) is 0 Å². The Morgan fingerprint density at radius 3 is 3.10 bits per heavy atom. The zero-order chi connectivity index (χ0) is 13.8. The number of hydrogen-bond acceptors (Lipinski definition) is 3. The van der Waals surface area contributed by atoms with Gasteiger partial charge in [-0.15, -0.1) is 0 Å². The van der Waals surface area contributed by atoms with Crippen LogP contribution >= 0.6 is 0 Å². The largest absolute Gasteiger partial charge is 0.342 e. The number of nitrogens with zero attached hydrogens (tertiary/aromatic N) is 2. The van der Waals surface area contributed by atoms with Crippen molar-refractivity contribution in [3.05, 3.63) is 41.9 Å². The van der Waals surface area contributed by atoms with Gasteiger partial charge in [0.2, 0.25) is 0 Å². The molecule has 1 saturated heterocycles. The molecule has 0 saturated carbocycles. The average molecular weight is 266 g/mol. The Morgan fingerprint density at radius 1 is 1.35 bits per heavy atom. The van der Waals surface area contributed by atoms with Crippen molar-refractivity contribution < 1.29 is 0 Å².